The molecule has 0 aliphatic heterocycles. The van der Waals surface area contributed by atoms with Gasteiger partial charge >= 0.3 is 135 Å². The van der Waals surface area contributed by atoms with E-state index in [9.17, 15) is 8.30 Å². The van der Waals surface area contributed by atoms with Crippen LogP contribution in [0, 0.1) is 0 Å². The standard InChI is InChI=1S/AsH4O7P.Ca.Sr.4H/c2-1(3,4)8-9(5,6)7;;;;;;/h(H2,2,3,4)(H2,5,6,7);;;;;;/q;2*+2;4*-1. The Labute approximate surface area is 138 Å². The molecule has 0 fully saturated rings. The molecule has 0 unspecified atom stereocenters. The maximum Gasteiger partial charge on any atom is 2.00 e. The minimum atomic E-state index is -5.61. The molecule has 0 atom stereocenters. The predicted molar refractivity (Wildman–Crippen MR) is 40.0 cm³/mol. The topological polar surface area (TPSA) is 124 Å². The summed E-state index contributed by atoms with van der Waals surface area (Å²) >= 11 is -5.61. The van der Waals surface area contributed by atoms with Gasteiger partial charge in [-0.05, 0) is 0 Å². The Balaban J connectivity index is -0.0000000213. The summed E-state index contributed by atoms with van der Waals surface area (Å²) in [6.45, 7) is 0. The Kier molecular flexibility index (Phi) is 13.3. The second-order valence-corrected chi connectivity index (χ2v) is 5.29. The first-order chi connectivity index (χ1) is 3.71. The van der Waals surface area contributed by atoms with E-state index in [0.717, 1.165) is 0 Å². The maximum atomic E-state index is 9.69. The predicted octanol–water partition coefficient (Wildman–Crippen LogP) is -2.37. The second-order valence-electron chi connectivity index (χ2n) is 1.06. The average molecular weight is 354 g/mol. The maximum absolute atomic E-state index is 9.69. The monoisotopic (exact) mass is 354 g/mol. The third-order valence-corrected chi connectivity index (χ3v) is 3.32. The van der Waals surface area contributed by atoms with Crippen LogP contribution >= 0.6 is 7.82 Å². The molecule has 0 bridgehead atoms. The van der Waals surface area contributed by atoms with Crippen LogP contribution < -0.4 is 0 Å². The molecule has 0 saturated heterocycles. The van der Waals surface area contributed by atoms with E-state index in [-0.39, 0.29) is 88.9 Å². The van der Waals surface area contributed by atoms with Crippen molar-refractivity contribution in [2.75, 3.05) is 0 Å². The summed E-state index contributed by atoms with van der Waals surface area (Å²) in [6, 6.07) is 0. The van der Waals surface area contributed by atoms with Gasteiger partial charge in [0.15, 0.2) is 0 Å². The van der Waals surface area contributed by atoms with E-state index < -0.39 is 22.3 Å². The normalized spacial score (nSPS) is 11.3. The quantitative estimate of drug-likeness (QED) is 0.323. The van der Waals surface area contributed by atoms with Crippen LogP contribution in [-0.4, -0.2) is 116 Å². The molecule has 11 heteroatoms. The molecule has 0 aromatic rings. The SMILES string of the molecule is O=P(O)(O)O[As](=O)(O)O.[Ca+2].[H-].[H-].[H-].[H-].[Sr+2]. The molecule has 64 valence electrons. The Morgan fingerprint density at radius 3 is 1.64 bits per heavy atom. The fourth-order valence-electron chi connectivity index (χ4n) is 0.139. The van der Waals surface area contributed by atoms with E-state index >= 15 is 0 Å². The van der Waals surface area contributed by atoms with E-state index in [1.807, 2.05) is 0 Å². The van der Waals surface area contributed by atoms with Crippen LogP contribution in [0.5, 0.6) is 0 Å². The van der Waals surface area contributed by atoms with Crippen molar-refractivity contribution in [2.24, 2.45) is 0 Å². The Hall–Kier alpha value is 3.13. The van der Waals surface area contributed by atoms with Gasteiger partial charge in [-0.15, -0.1) is 0 Å². The van der Waals surface area contributed by atoms with Crippen molar-refractivity contribution in [3.63, 3.8) is 0 Å². The summed E-state index contributed by atoms with van der Waals surface area (Å²) in [7, 11) is -5.02. The third kappa shape index (κ3) is 19.5. The van der Waals surface area contributed by atoms with E-state index in [0.29, 0.717) is 0 Å². The first-order valence-corrected chi connectivity index (χ1v) is 6.27. The number of hydrogen-bond donors (Lipinski definition) is 4. The second kappa shape index (κ2) is 7.42. The van der Waals surface area contributed by atoms with Gasteiger partial charge in [-0.2, -0.15) is 0 Å². The van der Waals surface area contributed by atoms with E-state index in [2.05, 4.69) is 3.51 Å². The first-order valence-electron chi connectivity index (χ1n) is 1.53. The smallest absolute Gasteiger partial charge is 1.00 e. The van der Waals surface area contributed by atoms with Crippen LogP contribution in [0.2, 0.25) is 0 Å². The largest absolute Gasteiger partial charge is 2.00 e. The number of phosphoric acid groups is 1. The third-order valence-electron chi connectivity index (χ3n) is 0.213. The molecule has 0 aromatic carbocycles. The van der Waals surface area contributed by atoms with Crippen molar-refractivity contribution >= 4 is 106 Å². The summed E-state index contributed by atoms with van der Waals surface area (Å²) < 4.78 is 38.0. The average Bonchev–Trinajstić information content (AvgIpc) is 1.14. The van der Waals surface area contributed by atoms with Gasteiger partial charge in [0.25, 0.3) is 0 Å². The zero-order valence-corrected chi connectivity index (χ0v) is 13.8. The van der Waals surface area contributed by atoms with E-state index in [4.69, 9.17) is 18.0 Å². The van der Waals surface area contributed by atoms with Gasteiger partial charge < -0.3 is 5.71 Å². The van der Waals surface area contributed by atoms with Crippen LogP contribution in [0.15, 0.2) is 0 Å². The van der Waals surface area contributed by atoms with Crippen LogP contribution in [0.4, 0.5) is 0 Å². The van der Waals surface area contributed by atoms with Crippen molar-refractivity contribution in [3.05, 3.63) is 0 Å². The van der Waals surface area contributed by atoms with E-state index in [1.54, 1.807) is 0 Å². The van der Waals surface area contributed by atoms with Gasteiger partial charge in [0, 0.05) is 0 Å². The van der Waals surface area contributed by atoms with Crippen molar-refractivity contribution in [3.8, 4) is 0 Å². The van der Waals surface area contributed by atoms with Crippen LogP contribution in [0.3, 0.4) is 0 Å². The molecule has 0 radical (unpaired) electrons. The molecular weight excluding hydrogens is 346 g/mol. The van der Waals surface area contributed by atoms with E-state index in [1.165, 1.54) is 0 Å². The zero-order chi connectivity index (χ0) is 7.71. The Morgan fingerprint density at radius 2 is 1.64 bits per heavy atom. The van der Waals surface area contributed by atoms with Gasteiger partial charge in [-0.25, -0.2) is 0 Å². The summed E-state index contributed by atoms with van der Waals surface area (Å²) in [6.07, 6.45) is 0. The van der Waals surface area contributed by atoms with Crippen molar-refractivity contribution < 1.29 is 35.5 Å². The molecule has 0 rings (SSSR count). The molecular formula is H8AsCaO7PSr. The van der Waals surface area contributed by atoms with Gasteiger partial charge in [0.1, 0.15) is 0 Å². The van der Waals surface area contributed by atoms with Crippen LogP contribution in [0.25, 0.3) is 0 Å². The van der Waals surface area contributed by atoms with Crippen LogP contribution in [-0.2, 0) is 11.8 Å². The molecule has 0 spiro atoms. The number of rotatable bonds is 2. The molecule has 0 saturated carbocycles. The molecule has 0 amide bonds. The summed E-state index contributed by atoms with van der Waals surface area (Å²) in [5, 5.41) is 0. The minimum absolute atomic E-state index is 0. The molecule has 11 heavy (non-hydrogen) atoms. The first kappa shape index (κ1) is 19.7. The molecule has 0 heterocycles. The van der Waals surface area contributed by atoms with Crippen molar-refractivity contribution in [2.45, 2.75) is 0 Å². The summed E-state index contributed by atoms with van der Waals surface area (Å²) in [5.41, 5.74) is 0. The van der Waals surface area contributed by atoms with Crippen LogP contribution in [0.1, 0.15) is 5.71 Å². The molecule has 4 N–H and O–H groups in total. The fraction of sp³-hybridized carbons (Fsp3) is 0. The fourth-order valence-corrected chi connectivity index (χ4v) is 2.16. The van der Waals surface area contributed by atoms with Gasteiger partial charge in [0.05, 0.1) is 0 Å². The minimum Gasteiger partial charge on any atom is -1.00 e. The molecule has 0 aliphatic carbocycles. The molecule has 0 aromatic heterocycles. The summed E-state index contributed by atoms with van der Waals surface area (Å²) in [5.74, 6) is 0. The van der Waals surface area contributed by atoms with Crippen molar-refractivity contribution in [1.82, 2.24) is 0 Å². The molecule has 0 aliphatic rings. The van der Waals surface area contributed by atoms with Crippen molar-refractivity contribution in [1.29, 1.82) is 0 Å². The van der Waals surface area contributed by atoms with Gasteiger partial charge in [0.2, 0.25) is 0 Å². The zero-order valence-electron chi connectivity index (χ0n) is 9.32. The number of hydrogen-bond acceptors (Lipinski definition) is 3. The Morgan fingerprint density at radius 1 is 1.36 bits per heavy atom. The molecule has 7 nitrogen and oxygen atoms in total. The Bertz CT molecular complexity index is 171. The summed E-state index contributed by atoms with van der Waals surface area (Å²) in [4.78, 5) is 15.5. The van der Waals surface area contributed by atoms with Gasteiger partial charge in [-0.1, -0.05) is 0 Å². The van der Waals surface area contributed by atoms with Gasteiger partial charge in [-0.3, -0.25) is 0 Å².